The van der Waals surface area contributed by atoms with Crippen LogP contribution in [-0.2, 0) is 0 Å². The van der Waals surface area contributed by atoms with Gasteiger partial charge in [-0.3, -0.25) is 14.6 Å². The lowest BCUT2D eigenvalue weighted by Crippen LogP contribution is -2.49. The van der Waals surface area contributed by atoms with E-state index in [1.807, 2.05) is 60.0 Å². The number of carbonyl (C=O) groups excluding carboxylic acids is 2. The van der Waals surface area contributed by atoms with Crippen LogP contribution in [0.1, 0.15) is 34.7 Å². The van der Waals surface area contributed by atoms with E-state index in [-0.39, 0.29) is 11.8 Å². The van der Waals surface area contributed by atoms with Crippen LogP contribution in [0.2, 0.25) is 0 Å². The van der Waals surface area contributed by atoms with Gasteiger partial charge in [0.15, 0.2) is 0 Å². The Kier molecular flexibility index (Phi) is 8.68. The molecule has 0 bridgehead atoms. The van der Waals surface area contributed by atoms with Crippen molar-refractivity contribution in [2.45, 2.75) is 13.8 Å². The number of amides is 2. The van der Waals surface area contributed by atoms with E-state index in [4.69, 9.17) is 9.47 Å². The number of anilines is 2. The summed E-state index contributed by atoms with van der Waals surface area (Å²) < 4.78 is 11.6. The molecule has 5 rings (SSSR count). The van der Waals surface area contributed by atoms with E-state index in [9.17, 15) is 9.59 Å². The van der Waals surface area contributed by atoms with Gasteiger partial charge in [-0.1, -0.05) is 24.3 Å². The van der Waals surface area contributed by atoms with Crippen molar-refractivity contribution in [1.82, 2.24) is 14.8 Å². The summed E-state index contributed by atoms with van der Waals surface area (Å²) in [4.78, 5) is 38.9. The maximum atomic E-state index is 13.2. The van der Waals surface area contributed by atoms with Crippen molar-refractivity contribution in [1.29, 1.82) is 0 Å². The number of carbonyl (C=O) groups is 2. The summed E-state index contributed by atoms with van der Waals surface area (Å²) in [6.45, 7) is 10.5. The number of benzene rings is 2. The lowest BCUT2D eigenvalue weighted by atomic mass is 10.1. The Morgan fingerprint density at radius 3 is 1.57 bits per heavy atom. The van der Waals surface area contributed by atoms with Gasteiger partial charge in [0.2, 0.25) is 0 Å². The number of pyridine rings is 1. The highest BCUT2D eigenvalue weighted by Gasteiger charge is 2.26. The molecule has 40 heavy (non-hydrogen) atoms. The Bertz CT molecular complexity index is 1200. The number of aromatic nitrogens is 1. The summed E-state index contributed by atoms with van der Waals surface area (Å²) in [5.41, 5.74) is 2.96. The molecule has 0 spiro atoms. The number of ether oxygens (including phenoxy) is 2. The smallest absolute Gasteiger partial charge is 0.272 e. The molecule has 1 aromatic heterocycles. The minimum absolute atomic E-state index is 0.0641. The first-order chi connectivity index (χ1) is 19.6. The fourth-order valence-corrected chi connectivity index (χ4v) is 5.28. The van der Waals surface area contributed by atoms with Crippen LogP contribution in [-0.4, -0.2) is 92.2 Å². The Labute approximate surface area is 235 Å². The van der Waals surface area contributed by atoms with E-state index in [1.54, 1.807) is 12.1 Å². The summed E-state index contributed by atoms with van der Waals surface area (Å²) in [6, 6.07) is 19.4. The lowest BCUT2D eigenvalue weighted by Gasteiger charge is -2.37. The summed E-state index contributed by atoms with van der Waals surface area (Å²) >= 11 is 0. The third kappa shape index (κ3) is 5.98. The average molecular weight is 544 g/mol. The average Bonchev–Trinajstić information content (AvgIpc) is 3.01. The van der Waals surface area contributed by atoms with E-state index in [0.717, 1.165) is 36.0 Å². The minimum Gasteiger partial charge on any atom is -0.492 e. The highest BCUT2D eigenvalue weighted by molar-refractivity contribution is 5.96. The number of piperazine rings is 2. The topological polar surface area (TPSA) is 78.5 Å². The van der Waals surface area contributed by atoms with E-state index in [1.165, 1.54) is 6.20 Å². The molecule has 2 aliphatic rings. The van der Waals surface area contributed by atoms with Gasteiger partial charge in [0, 0.05) is 58.6 Å². The summed E-state index contributed by atoms with van der Waals surface area (Å²) in [6.07, 6.45) is 1.53. The van der Waals surface area contributed by atoms with Crippen molar-refractivity contribution in [2.24, 2.45) is 0 Å². The van der Waals surface area contributed by atoms with Gasteiger partial charge in [-0.2, -0.15) is 0 Å². The lowest BCUT2D eigenvalue weighted by molar-refractivity contribution is 0.0729. The van der Waals surface area contributed by atoms with Crippen LogP contribution in [0.25, 0.3) is 0 Å². The van der Waals surface area contributed by atoms with Crippen molar-refractivity contribution < 1.29 is 19.1 Å². The van der Waals surface area contributed by atoms with Gasteiger partial charge in [-0.25, -0.2) is 0 Å². The van der Waals surface area contributed by atoms with Crippen LogP contribution < -0.4 is 19.3 Å². The molecule has 2 aliphatic heterocycles. The highest BCUT2D eigenvalue weighted by atomic mass is 16.5. The van der Waals surface area contributed by atoms with Crippen LogP contribution in [0.3, 0.4) is 0 Å². The van der Waals surface area contributed by atoms with Crippen molar-refractivity contribution in [3.63, 3.8) is 0 Å². The van der Waals surface area contributed by atoms with Crippen molar-refractivity contribution >= 4 is 23.2 Å². The molecule has 2 fully saturated rings. The van der Waals surface area contributed by atoms with Crippen LogP contribution in [0.5, 0.6) is 11.5 Å². The number of para-hydroxylation sites is 4. The second-order valence-electron chi connectivity index (χ2n) is 9.79. The van der Waals surface area contributed by atoms with Gasteiger partial charge < -0.3 is 29.1 Å². The molecule has 0 radical (unpaired) electrons. The summed E-state index contributed by atoms with van der Waals surface area (Å²) in [7, 11) is 0. The quantitative estimate of drug-likeness (QED) is 0.428. The van der Waals surface area contributed by atoms with E-state index >= 15 is 0 Å². The number of nitrogens with zero attached hydrogens (tertiary/aromatic N) is 5. The summed E-state index contributed by atoms with van der Waals surface area (Å²) in [5, 5.41) is 0. The number of hydrogen-bond donors (Lipinski definition) is 0. The van der Waals surface area contributed by atoms with E-state index in [0.29, 0.717) is 63.7 Å². The second kappa shape index (κ2) is 12.7. The molecule has 3 aromatic rings. The fraction of sp³-hybridized carbons (Fsp3) is 0.387. The Hall–Kier alpha value is -4.27. The SMILES string of the molecule is CCOc1ccccc1N1CCN(C(=O)c2ccc(C(=O)N3CCN(c4ccccc4OCC)CC3)nc2)CC1. The minimum atomic E-state index is -0.113. The molecule has 0 unspecified atom stereocenters. The van der Waals surface area contributed by atoms with Gasteiger partial charge >= 0.3 is 0 Å². The predicted octanol–water partition coefficient (Wildman–Crippen LogP) is 3.80. The van der Waals surface area contributed by atoms with E-state index in [2.05, 4.69) is 26.9 Å². The van der Waals surface area contributed by atoms with Crippen LogP contribution in [0.15, 0.2) is 66.9 Å². The third-order valence-electron chi connectivity index (χ3n) is 7.37. The number of rotatable bonds is 8. The first kappa shape index (κ1) is 27.3. The fourth-order valence-electron chi connectivity index (χ4n) is 5.28. The number of hydrogen-bond acceptors (Lipinski definition) is 7. The molecule has 210 valence electrons. The molecule has 2 amide bonds. The second-order valence-corrected chi connectivity index (χ2v) is 9.79. The van der Waals surface area contributed by atoms with Crippen LogP contribution in [0, 0.1) is 0 Å². The van der Waals surface area contributed by atoms with Crippen molar-refractivity contribution in [3.8, 4) is 11.5 Å². The Balaban J connectivity index is 1.15. The van der Waals surface area contributed by atoms with Gasteiger partial charge in [-0.15, -0.1) is 0 Å². The molecule has 3 heterocycles. The largest absolute Gasteiger partial charge is 0.492 e. The zero-order valence-electron chi connectivity index (χ0n) is 23.3. The molecule has 9 nitrogen and oxygen atoms in total. The molecule has 2 aromatic carbocycles. The monoisotopic (exact) mass is 543 g/mol. The Morgan fingerprint density at radius 2 is 1.12 bits per heavy atom. The van der Waals surface area contributed by atoms with Gasteiger partial charge in [0.1, 0.15) is 17.2 Å². The maximum absolute atomic E-state index is 13.2. The van der Waals surface area contributed by atoms with Crippen molar-refractivity contribution in [2.75, 3.05) is 75.4 Å². The first-order valence-corrected chi connectivity index (χ1v) is 14.1. The molecule has 0 atom stereocenters. The van der Waals surface area contributed by atoms with Crippen LogP contribution >= 0.6 is 0 Å². The van der Waals surface area contributed by atoms with Crippen LogP contribution in [0.4, 0.5) is 11.4 Å². The molecule has 2 saturated heterocycles. The van der Waals surface area contributed by atoms with Gasteiger partial charge in [0.25, 0.3) is 11.8 Å². The molecular formula is C31H37N5O4. The molecule has 0 aliphatic carbocycles. The molecule has 0 saturated carbocycles. The molecule has 0 N–H and O–H groups in total. The third-order valence-corrected chi connectivity index (χ3v) is 7.37. The Morgan fingerprint density at radius 1 is 0.650 bits per heavy atom. The van der Waals surface area contributed by atoms with Crippen molar-refractivity contribution in [3.05, 3.63) is 78.1 Å². The zero-order valence-corrected chi connectivity index (χ0v) is 23.3. The normalized spacial score (nSPS) is 15.7. The summed E-state index contributed by atoms with van der Waals surface area (Å²) in [5.74, 6) is 1.55. The standard InChI is InChI=1S/C31H37N5O4/c1-3-39-28-11-7-5-9-26(28)33-15-19-35(20-16-33)30(37)24-13-14-25(32-23-24)31(38)36-21-17-34(18-22-36)27-10-6-8-12-29(27)40-4-2/h5-14,23H,3-4,15-22H2,1-2H3. The van der Waals surface area contributed by atoms with Gasteiger partial charge in [-0.05, 0) is 50.2 Å². The maximum Gasteiger partial charge on any atom is 0.272 e. The molecular weight excluding hydrogens is 506 g/mol. The molecule has 9 heteroatoms. The van der Waals surface area contributed by atoms with Gasteiger partial charge in [0.05, 0.1) is 30.2 Å². The van der Waals surface area contributed by atoms with E-state index < -0.39 is 0 Å². The first-order valence-electron chi connectivity index (χ1n) is 14.1. The highest BCUT2D eigenvalue weighted by Crippen LogP contribution is 2.30. The zero-order chi connectivity index (χ0) is 27.9. The predicted molar refractivity (Wildman–Crippen MR) is 156 cm³/mol.